The number of rotatable bonds is 2. The maximum atomic E-state index is 13.5. The Balaban J connectivity index is 2.18. The van der Waals surface area contributed by atoms with Gasteiger partial charge in [-0.25, -0.2) is 4.39 Å². The van der Waals surface area contributed by atoms with Gasteiger partial charge in [-0.05, 0) is 30.3 Å². The minimum atomic E-state index is -0.552. The largest absolute Gasteiger partial charge is 0.322 e. The average molecular weight is 268 g/mol. The van der Waals surface area contributed by atoms with Crippen molar-refractivity contribution >= 4 is 11.6 Å². The van der Waals surface area contributed by atoms with E-state index < -0.39 is 11.7 Å². The topological polar surface area (TPSA) is 55.1 Å². The molecule has 0 heterocycles. The fourth-order valence-corrected chi connectivity index (χ4v) is 1.67. The summed E-state index contributed by atoms with van der Waals surface area (Å²) in [4.78, 5) is 12.0. The Bertz CT molecular complexity index is 686. The lowest BCUT2D eigenvalue weighted by atomic mass is 10.1. The number of carbonyl (C=O) groups is 1. The minimum absolute atomic E-state index is 0.00551. The summed E-state index contributed by atoms with van der Waals surface area (Å²) in [6, 6.07) is 12.8. The molecule has 2 aromatic carbocycles. The molecule has 2 rings (SSSR count). The van der Waals surface area contributed by atoms with Gasteiger partial charge in [0.1, 0.15) is 5.82 Å². The predicted molar refractivity (Wildman–Crippen MR) is 76.7 cm³/mol. The van der Waals surface area contributed by atoms with E-state index in [1.165, 1.54) is 18.2 Å². The number of amides is 1. The van der Waals surface area contributed by atoms with Crippen molar-refractivity contribution in [2.45, 2.75) is 0 Å². The minimum Gasteiger partial charge on any atom is -0.322 e. The monoisotopic (exact) mass is 268 g/mol. The molecule has 0 saturated carbocycles. The molecule has 20 heavy (non-hydrogen) atoms. The highest BCUT2D eigenvalue weighted by atomic mass is 19.1. The van der Waals surface area contributed by atoms with Gasteiger partial charge in [0.2, 0.25) is 0 Å². The maximum absolute atomic E-state index is 13.5. The summed E-state index contributed by atoms with van der Waals surface area (Å²) in [7, 11) is 0. The van der Waals surface area contributed by atoms with Crippen LogP contribution in [0.25, 0.3) is 0 Å². The van der Waals surface area contributed by atoms with Gasteiger partial charge in [-0.15, -0.1) is 0 Å². The van der Waals surface area contributed by atoms with Crippen molar-refractivity contribution in [1.82, 2.24) is 0 Å². The zero-order chi connectivity index (χ0) is 14.4. The second-order valence-electron chi connectivity index (χ2n) is 4.02. The van der Waals surface area contributed by atoms with Gasteiger partial charge in [0.15, 0.2) is 0 Å². The lowest BCUT2D eigenvalue weighted by Crippen LogP contribution is -2.13. The first-order chi connectivity index (χ1) is 9.70. The van der Waals surface area contributed by atoms with Crippen molar-refractivity contribution in [3.63, 3.8) is 0 Å². The van der Waals surface area contributed by atoms with Crippen molar-refractivity contribution in [2.75, 3.05) is 11.9 Å². The molecule has 0 radical (unpaired) electrons. The first-order valence-electron chi connectivity index (χ1n) is 6.05. The number of benzene rings is 2. The van der Waals surface area contributed by atoms with E-state index in [1.54, 1.807) is 30.3 Å². The lowest BCUT2D eigenvalue weighted by molar-refractivity contribution is 0.102. The van der Waals surface area contributed by atoms with Gasteiger partial charge in [-0.2, -0.15) is 0 Å². The Morgan fingerprint density at radius 1 is 1.20 bits per heavy atom. The molecule has 3 N–H and O–H groups in total. The van der Waals surface area contributed by atoms with E-state index in [0.717, 1.165) is 5.56 Å². The van der Waals surface area contributed by atoms with Crippen LogP contribution >= 0.6 is 0 Å². The Kier molecular flexibility index (Phi) is 4.48. The third kappa shape index (κ3) is 3.44. The van der Waals surface area contributed by atoms with Crippen LogP contribution in [-0.4, -0.2) is 12.5 Å². The van der Waals surface area contributed by atoms with Crippen molar-refractivity contribution in [1.29, 1.82) is 0 Å². The van der Waals surface area contributed by atoms with Crippen LogP contribution in [0.3, 0.4) is 0 Å². The van der Waals surface area contributed by atoms with E-state index in [9.17, 15) is 9.18 Å². The predicted octanol–water partition coefficient (Wildman–Crippen LogP) is 2.39. The third-order valence-corrected chi connectivity index (χ3v) is 2.57. The fraction of sp³-hybridized carbons (Fsp3) is 0.0625. The summed E-state index contributed by atoms with van der Waals surface area (Å²) >= 11 is 0. The Morgan fingerprint density at radius 3 is 2.75 bits per heavy atom. The number of hydrogen-bond acceptors (Lipinski definition) is 2. The van der Waals surface area contributed by atoms with Crippen LogP contribution in [-0.2, 0) is 0 Å². The summed E-state index contributed by atoms with van der Waals surface area (Å²) in [6.45, 7) is 0.270. The molecule has 0 aromatic heterocycles. The van der Waals surface area contributed by atoms with E-state index in [0.29, 0.717) is 5.69 Å². The molecule has 0 aliphatic heterocycles. The summed E-state index contributed by atoms with van der Waals surface area (Å²) in [5.41, 5.74) is 6.60. The Labute approximate surface area is 116 Å². The van der Waals surface area contributed by atoms with Crippen LogP contribution in [0.1, 0.15) is 15.9 Å². The normalized spacial score (nSPS) is 9.50. The number of anilines is 1. The van der Waals surface area contributed by atoms with Crippen molar-refractivity contribution in [3.8, 4) is 11.8 Å². The molecular formula is C16H13FN2O. The van der Waals surface area contributed by atoms with E-state index in [2.05, 4.69) is 17.2 Å². The highest BCUT2D eigenvalue weighted by Crippen LogP contribution is 2.13. The molecule has 4 heteroatoms. The van der Waals surface area contributed by atoms with E-state index in [1.807, 2.05) is 0 Å². The SMILES string of the molecule is NCC#Cc1cccc(NC(=O)c2ccccc2F)c1. The zero-order valence-corrected chi connectivity index (χ0v) is 10.7. The Hall–Kier alpha value is -2.64. The highest BCUT2D eigenvalue weighted by molar-refractivity contribution is 6.04. The van der Waals surface area contributed by atoms with Crippen LogP contribution in [0.4, 0.5) is 10.1 Å². The van der Waals surface area contributed by atoms with E-state index in [-0.39, 0.29) is 12.1 Å². The van der Waals surface area contributed by atoms with Crippen LogP contribution in [0.2, 0.25) is 0 Å². The van der Waals surface area contributed by atoms with Crippen LogP contribution in [0.5, 0.6) is 0 Å². The zero-order valence-electron chi connectivity index (χ0n) is 10.7. The van der Waals surface area contributed by atoms with Crippen LogP contribution in [0.15, 0.2) is 48.5 Å². The number of carbonyl (C=O) groups excluding carboxylic acids is 1. The summed E-state index contributed by atoms with van der Waals surface area (Å²) < 4.78 is 13.5. The summed E-state index contributed by atoms with van der Waals surface area (Å²) in [6.07, 6.45) is 0. The molecule has 0 spiro atoms. The van der Waals surface area contributed by atoms with Gasteiger partial charge in [0, 0.05) is 11.3 Å². The summed E-state index contributed by atoms with van der Waals surface area (Å²) in [5.74, 6) is 4.55. The maximum Gasteiger partial charge on any atom is 0.258 e. The second kappa shape index (κ2) is 6.50. The van der Waals surface area contributed by atoms with Gasteiger partial charge in [-0.1, -0.05) is 30.0 Å². The highest BCUT2D eigenvalue weighted by Gasteiger charge is 2.10. The quantitative estimate of drug-likeness (QED) is 0.822. The molecule has 3 nitrogen and oxygen atoms in total. The lowest BCUT2D eigenvalue weighted by Gasteiger charge is -2.06. The molecule has 2 aromatic rings. The van der Waals surface area contributed by atoms with Gasteiger partial charge < -0.3 is 11.1 Å². The molecule has 0 saturated heterocycles. The smallest absolute Gasteiger partial charge is 0.258 e. The molecule has 0 fully saturated rings. The molecule has 100 valence electrons. The first kappa shape index (κ1) is 13.8. The van der Waals surface area contributed by atoms with Crippen molar-refractivity contribution < 1.29 is 9.18 Å². The van der Waals surface area contributed by atoms with E-state index >= 15 is 0 Å². The molecular weight excluding hydrogens is 255 g/mol. The number of halogens is 1. The van der Waals surface area contributed by atoms with Crippen LogP contribution in [0, 0.1) is 17.7 Å². The van der Waals surface area contributed by atoms with E-state index in [4.69, 9.17) is 5.73 Å². The molecule has 0 atom stereocenters. The third-order valence-electron chi connectivity index (χ3n) is 2.57. The van der Waals surface area contributed by atoms with Crippen molar-refractivity contribution in [2.24, 2.45) is 5.73 Å². The number of nitrogens with one attached hydrogen (secondary N) is 1. The second-order valence-corrected chi connectivity index (χ2v) is 4.02. The van der Waals surface area contributed by atoms with Gasteiger partial charge in [0.25, 0.3) is 5.91 Å². The van der Waals surface area contributed by atoms with Gasteiger partial charge >= 0.3 is 0 Å². The molecule has 0 bridgehead atoms. The van der Waals surface area contributed by atoms with Gasteiger partial charge in [0.05, 0.1) is 12.1 Å². The first-order valence-corrected chi connectivity index (χ1v) is 6.05. The average Bonchev–Trinajstić information content (AvgIpc) is 2.46. The standard InChI is InChI=1S/C16H13FN2O/c17-15-9-2-1-8-14(15)16(20)19-13-7-3-5-12(11-13)6-4-10-18/h1-3,5,7-9,11H,10,18H2,(H,19,20). The van der Waals surface area contributed by atoms with Crippen molar-refractivity contribution in [3.05, 3.63) is 65.5 Å². The Morgan fingerprint density at radius 2 is 2.00 bits per heavy atom. The van der Waals surface area contributed by atoms with Gasteiger partial charge in [-0.3, -0.25) is 4.79 Å². The summed E-state index contributed by atoms with van der Waals surface area (Å²) in [5, 5.41) is 2.64. The molecule has 1 amide bonds. The molecule has 0 unspecified atom stereocenters. The molecule has 0 aliphatic carbocycles. The fourth-order valence-electron chi connectivity index (χ4n) is 1.67. The molecule has 0 aliphatic rings. The number of nitrogens with two attached hydrogens (primary N) is 1. The van der Waals surface area contributed by atoms with Crippen LogP contribution < -0.4 is 11.1 Å². The number of hydrogen-bond donors (Lipinski definition) is 2.